The number of aliphatic hydroxyl groups is 1. The molecule has 0 aliphatic rings. The van der Waals surface area contributed by atoms with Gasteiger partial charge in [0, 0.05) is 0 Å². The first-order valence-corrected chi connectivity index (χ1v) is 5.72. The molecule has 0 spiro atoms. The molecule has 0 aliphatic carbocycles. The summed E-state index contributed by atoms with van der Waals surface area (Å²) in [6.45, 7) is 7.45. The van der Waals surface area contributed by atoms with Crippen molar-refractivity contribution in [2.45, 2.75) is 39.3 Å². The molecule has 1 atom stereocenters. The van der Waals surface area contributed by atoms with Gasteiger partial charge >= 0.3 is 0 Å². The van der Waals surface area contributed by atoms with Gasteiger partial charge in [0.2, 0.25) is 0 Å². The number of aromatic nitrogens is 1. The molecule has 0 radical (unpaired) electrons. The highest BCUT2D eigenvalue weighted by Crippen LogP contribution is 2.20. The average Bonchev–Trinajstić information content (AvgIpc) is 2.08. The first-order valence-electron chi connectivity index (χ1n) is 4.93. The standard InChI is InChI=1S/C11H17BrN2O/c1-7-9(5-6-10(12)13-7)14-8(2)11(3,4)15/h5-6,8,14-15H,1-4H3. The lowest BCUT2D eigenvalue weighted by atomic mass is 10.0. The molecule has 1 aromatic heterocycles. The van der Waals surface area contributed by atoms with Crippen LogP contribution in [0.1, 0.15) is 26.5 Å². The van der Waals surface area contributed by atoms with Gasteiger partial charge < -0.3 is 10.4 Å². The number of anilines is 1. The lowest BCUT2D eigenvalue weighted by molar-refractivity contribution is 0.0649. The van der Waals surface area contributed by atoms with E-state index < -0.39 is 5.60 Å². The molecule has 1 aromatic rings. The third kappa shape index (κ3) is 3.47. The lowest BCUT2D eigenvalue weighted by Crippen LogP contribution is -2.39. The van der Waals surface area contributed by atoms with Gasteiger partial charge in [0.1, 0.15) is 4.60 Å². The van der Waals surface area contributed by atoms with E-state index in [4.69, 9.17) is 0 Å². The normalized spacial score (nSPS) is 13.7. The Morgan fingerprint density at radius 3 is 2.53 bits per heavy atom. The molecule has 3 nitrogen and oxygen atoms in total. The summed E-state index contributed by atoms with van der Waals surface area (Å²) in [5.74, 6) is 0. The number of hydrogen-bond acceptors (Lipinski definition) is 3. The van der Waals surface area contributed by atoms with Crippen molar-refractivity contribution in [1.29, 1.82) is 0 Å². The van der Waals surface area contributed by atoms with Crippen molar-refractivity contribution in [3.05, 3.63) is 22.4 Å². The third-order valence-electron chi connectivity index (χ3n) is 2.48. The predicted molar refractivity (Wildman–Crippen MR) is 66.1 cm³/mol. The number of halogens is 1. The summed E-state index contributed by atoms with van der Waals surface area (Å²) in [5, 5.41) is 13.0. The van der Waals surface area contributed by atoms with Gasteiger partial charge in [-0.1, -0.05) is 0 Å². The number of aryl methyl sites for hydroxylation is 1. The van der Waals surface area contributed by atoms with Gasteiger partial charge in [0.15, 0.2) is 0 Å². The van der Waals surface area contributed by atoms with Gasteiger partial charge in [-0.05, 0) is 55.8 Å². The molecular weight excluding hydrogens is 256 g/mol. The largest absolute Gasteiger partial charge is 0.388 e. The van der Waals surface area contributed by atoms with E-state index in [2.05, 4.69) is 26.2 Å². The van der Waals surface area contributed by atoms with Gasteiger partial charge in [0.25, 0.3) is 0 Å². The third-order valence-corrected chi connectivity index (χ3v) is 2.93. The Hall–Kier alpha value is -0.610. The zero-order valence-electron chi connectivity index (χ0n) is 9.50. The van der Waals surface area contributed by atoms with E-state index in [0.29, 0.717) is 0 Å². The van der Waals surface area contributed by atoms with E-state index in [1.165, 1.54) is 0 Å². The highest BCUT2D eigenvalue weighted by atomic mass is 79.9. The molecule has 0 aromatic carbocycles. The van der Waals surface area contributed by atoms with Crippen molar-refractivity contribution in [2.75, 3.05) is 5.32 Å². The summed E-state index contributed by atoms with van der Waals surface area (Å²) in [4.78, 5) is 4.28. The number of nitrogens with one attached hydrogen (secondary N) is 1. The Bertz CT molecular complexity index is 347. The van der Waals surface area contributed by atoms with E-state index >= 15 is 0 Å². The summed E-state index contributed by atoms with van der Waals surface area (Å²) >= 11 is 3.31. The fourth-order valence-electron chi connectivity index (χ4n) is 1.09. The summed E-state index contributed by atoms with van der Waals surface area (Å²) < 4.78 is 0.821. The second kappa shape index (κ2) is 4.49. The molecule has 0 amide bonds. The summed E-state index contributed by atoms with van der Waals surface area (Å²) in [6, 6.07) is 3.81. The highest BCUT2D eigenvalue weighted by Gasteiger charge is 2.22. The maximum Gasteiger partial charge on any atom is 0.106 e. The molecule has 0 aliphatic heterocycles. The topological polar surface area (TPSA) is 45.2 Å². The van der Waals surface area contributed by atoms with Crippen molar-refractivity contribution >= 4 is 21.6 Å². The van der Waals surface area contributed by atoms with Crippen LogP contribution >= 0.6 is 15.9 Å². The Kier molecular flexibility index (Phi) is 3.73. The molecule has 4 heteroatoms. The molecule has 1 unspecified atom stereocenters. The Morgan fingerprint density at radius 1 is 1.47 bits per heavy atom. The van der Waals surface area contributed by atoms with E-state index in [-0.39, 0.29) is 6.04 Å². The predicted octanol–water partition coefficient (Wildman–Crippen LogP) is 2.72. The minimum absolute atomic E-state index is 0.0285. The summed E-state index contributed by atoms with van der Waals surface area (Å²) in [5.41, 5.74) is 1.12. The SMILES string of the molecule is Cc1nc(Br)ccc1NC(C)C(C)(C)O. The van der Waals surface area contributed by atoms with Gasteiger partial charge in [-0.15, -0.1) is 0 Å². The van der Waals surface area contributed by atoms with Crippen LogP contribution in [-0.4, -0.2) is 21.7 Å². The molecule has 0 fully saturated rings. The molecule has 0 saturated carbocycles. The number of pyridine rings is 1. The zero-order chi connectivity index (χ0) is 11.6. The van der Waals surface area contributed by atoms with Crippen molar-refractivity contribution in [1.82, 2.24) is 4.98 Å². The first-order chi connectivity index (χ1) is 6.80. The maximum atomic E-state index is 9.80. The second-order valence-corrected chi connectivity index (χ2v) is 5.10. The fourth-order valence-corrected chi connectivity index (χ4v) is 1.49. The van der Waals surface area contributed by atoms with Gasteiger partial charge in [0.05, 0.1) is 23.0 Å². The molecule has 0 saturated heterocycles. The van der Waals surface area contributed by atoms with Crippen LogP contribution in [0.25, 0.3) is 0 Å². The Morgan fingerprint density at radius 2 is 2.07 bits per heavy atom. The van der Waals surface area contributed by atoms with Crippen molar-refractivity contribution < 1.29 is 5.11 Å². The van der Waals surface area contributed by atoms with Crippen molar-refractivity contribution in [2.24, 2.45) is 0 Å². The van der Waals surface area contributed by atoms with Crippen LogP contribution < -0.4 is 5.32 Å². The molecule has 1 rings (SSSR count). The minimum Gasteiger partial charge on any atom is -0.388 e. The van der Waals surface area contributed by atoms with Crippen LogP contribution in [0.2, 0.25) is 0 Å². The van der Waals surface area contributed by atoms with Crippen LogP contribution in [0.15, 0.2) is 16.7 Å². The van der Waals surface area contributed by atoms with Crippen molar-refractivity contribution in [3.8, 4) is 0 Å². The van der Waals surface area contributed by atoms with E-state index in [9.17, 15) is 5.11 Å². The molecule has 1 heterocycles. The molecule has 84 valence electrons. The smallest absolute Gasteiger partial charge is 0.106 e. The highest BCUT2D eigenvalue weighted by molar-refractivity contribution is 9.10. The van der Waals surface area contributed by atoms with Crippen molar-refractivity contribution in [3.63, 3.8) is 0 Å². The first kappa shape index (κ1) is 12.5. The fraction of sp³-hybridized carbons (Fsp3) is 0.545. The Labute approximate surface area is 99.1 Å². The average molecular weight is 273 g/mol. The van der Waals surface area contributed by atoms with Crippen LogP contribution in [-0.2, 0) is 0 Å². The van der Waals surface area contributed by atoms with Gasteiger partial charge in [-0.2, -0.15) is 0 Å². The molecule has 0 bridgehead atoms. The summed E-state index contributed by atoms with van der Waals surface area (Å²) in [7, 11) is 0. The number of nitrogens with zero attached hydrogens (tertiary/aromatic N) is 1. The zero-order valence-corrected chi connectivity index (χ0v) is 11.1. The van der Waals surface area contributed by atoms with E-state index in [1.807, 2.05) is 26.0 Å². The maximum absolute atomic E-state index is 9.80. The van der Waals surface area contributed by atoms with Crippen LogP contribution in [0, 0.1) is 6.92 Å². The summed E-state index contributed by atoms with van der Waals surface area (Å²) in [6.07, 6.45) is 0. The lowest BCUT2D eigenvalue weighted by Gasteiger charge is -2.28. The molecular formula is C11H17BrN2O. The van der Waals surface area contributed by atoms with E-state index in [1.54, 1.807) is 13.8 Å². The van der Waals surface area contributed by atoms with Gasteiger partial charge in [-0.3, -0.25) is 0 Å². The second-order valence-electron chi connectivity index (χ2n) is 4.29. The van der Waals surface area contributed by atoms with Crippen LogP contribution in [0.3, 0.4) is 0 Å². The Balaban J connectivity index is 2.82. The quantitative estimate of drug-likeness (QED) is 0.832. The monoisotopic (exact) mass is 272 g/mol. The molecule has 2 N–H and O–H groups in total. The molecule has 15 heavy (non-hydrogen) atoms. The van der Waals surface area contributed by atoms with Crippen LogP contribution in [0.4, 0.5) is 5.69 Å². The van der Waals surface area contributed by atoms with E-state index in [0.717, 1.165) is 16.0 Å². The van der Waals surface area contributed by atoms with Gasteiger partial charge in [-0.25, -0.2) is 4.98 Å². The minimum atomic E-state index is -0.750. The van der Waals surface area contributed by atoms with Crippen LogP contribution in [0.5, 0.6) is 0 Å². The number of rotatable bonds is 3. The number of hydrogen-bond donors (Lipinski definition) is 2.